The molecular weight excluding hydrogens is 214 g/mol. The Hall–Kier alpha value is -2.16. The largest absolute Gasteiger partial charge is 0.497 e. The topological polar surface area (TPSA) is 44.5 Å². The van der Waals surface area contributed by atoms with E-state index in [-0.39, 0.29) is 0 Å². The molecule has 0 heterocycles. The van der Waals surface area contributed by atoms with Crippen LogP contribution in [0.4, 0.5) is 5.69 Å². The maximum Gasteiger partial charge on any atom is 0.130 e. The summed E-state index contributed by atoms with van der Waals surface area (Å²) >= 11 is 0. The predicted molar refractivity (Wildman–Crippen MR) is 69.4 cm³/mol. The predicted octanol–water partition coefficient (Wildman–Crippen LogP) is 2.95. The van der Waals surface area contributed by atoms with Gasteiger partial charge in [-0.3, -0.25) is 0 Å². The average Bonchev–Trinajstić information content (AvgIpc) is 2.38. The molecule has 0 amide bonds. The lowest BCUT2D eigenvalue weighted by atomic mass is 10.0. The van der Waals surface area contributed by atoms with E-state index in [2.05, 4.69) is 0 Å². The van der Waals surface area contributed by atoms with Gasteiger partial charge in [-0.25, -0.2) is 0 Å². The van der Waals surface area contributed by atoms with Crippen LogP contribution in [0.3, 0.4) is 0 Å². The molecule has 0 aromatic heterocycles. The minimum atomic E-state index is 0.732. The molecule has 2 aromatic rings. The number of methoxy groups -OCH3 is 2. The molecule has 0 radical (unpaired) electrons. The van der Waals surface area contributed by atoms with Crippen molar-refractivity contribution >= 4 is 5.69 Å². The van der Waals surface area contributed by atoms with Crippen molar-refractivity contribution in [3.05, 3.63) is 42.5 Å². The Labute approximate surface area is 101 Å². The van der Waals surface area contributed by atoms with Gasteiger partial charge < -0.3 is 15.2 Å². The monoisotopic (exact) mass is 229 g/mol. The van der Waals surface area contributed by atoms with E-state index in [1.165, 1.54) is 0 Å². The zero-order valence-electron chi connectivity index (χ0n) is 9.94. The first-order valence-corrected chi connectivity index (χ1v) is 5.33. The highest BCUT2D eigenvalue weighted by Crippen LogP contribution is 2.35. The van der Waals surface area contributed by atoms with Crippen molar-refractivity contribution in [1.29, 1.82) is 0 Å². The van der Waals surface area contributed by atoms with E-state index in [0.717, 1.165) is 28.3 Å². The fourth-order valence-electron chi connectivity index (χ4n) is 1.76. The normalized spacial score (nSPS) is 10.0. The van der Waals surface area contributed by atoms with Gasteiger partial charge in [0.1, 0.15) is 11.5 Å². The molecule has 88 valence electrons. The van der Waals surface area contributed by atoms with Crippen LogP contribution in [0.15, 0.2) is 42.5 Å². The highest BCUT2D eigenvalue weighted by atomic mass is 16.5. The summed E-state index contributed by atoms with van der Waals surface area (Å²) in [7, 11) is 3.27. The molecule has 2 aromatic carbocycles. The number of para-hydroxylation sites is 1. The molecule has 0 atom stereocenters. The van der Waals surface area contributed by atoms with Gasteiger partial charge in [0, 0.05) is 22.9 Å². The summed E-state index contributed by atoms with van der Waals surface area (Å²) in [4.78, 5) is 0. The van der Waals surface area contributed by atoms with E-state index in [9.17, 15) is 0 Å². The highest BCUT2D eigenvalue weighted by Gasteiger charge is 2.09. The minimum absolute atomic E-state index is 0.732. The van der Waals surface area contributed by atoms with Crippen molar-refractivity contribution in [2.24, 2.45) is 0 Å². The van der Waals surface area contributed by atoms with E-state index in [1.807, 2.05) is 42.5 Å². The van der Waals surface area contributed by atoms with E-state index in [4.69, 9.17) is 15.2 Å². The average molecular weight is 229 g/mol. The van der Waals surface area contributed by atoms with Crippen molar-refractivity contribution in [2.45, 2.75) is 0 Å². The van der Waals surface area contributed by atoms with E-state index in [0.29, 0.717) is 0 Å². The van der Waals surface area contributed by atoms with Crippen LogP contribution in [-0.2, 0) is 0 Å². The Balaban J connectivity index is 2.56. The third kappa shape index (κ3) is 2.18. The molecule has 2 N–H and O–H groups in total. The van der Waals surface area contributed by atoms with Gasteiger partial charge in [-0.05, 0) is 18.2 Å². The summed E-state index contributed by atoms with van der Waals surface area (Å²) in [5.41, 5.74) is 8.62. The van der Waals surface area contributed by atoms with E-state index in [1.54, 1.807) is 14.2 Å². The number of hydrogen-bond acceptors (Lipinski definition) is 3. The van der Waals surface area contributed by atoms with Crippen LogP contribution in [0, 0.1) is 0 Å². The summed E-state index contributed by atoms with van der Waals surface area (Å²) in [5, 5.41) is 0. The minimum Gasteiger partial charge on any atom is -0.497 e. The smallest absolute Gasteiger partial charge is 0.130 e. The molecule has 0 aliphatic carbocycles. The van der Waals surface area contributed by atoms with Gasteiger partial charge in [0.2, 0.25) is 0 Å². The summed E-state index contributed by atoms with van der Waals surface area (Å²) in [6.45, 7) is 0. The molecule has 17 heavy (non-hydrogen) atoms. The van der Waals surface area contributed by atoms with Gasteiger partial charge in [-0.15, -0.1) is 0 Å². The quantitative estimate of drug-likeness (QED) is 0.823. The molecule has 0 saturated carbocycles. The molecule has 0 aliphatic rings. The molecule has 0 spiro atoms. The number of hydrogen-bond donors (Lipinski definition) is 1. The van der Waals surface area contributed by atoms with Crippen molar-refractivity contribution in [3.8, 4) is 22.6 Å². The molecule has 3 heteroatoms. The summed E-state index contributed by atoms with van der Waals surface area (Å²) < 4.78 is 10.5. The van der Waals surface area contributed by atoms with Gasteiger partial charge in [0.25, 0.3) is 0 Å². The number of anilines is 1. The second kappa shape index (κ2) is 4.78. The standard InChI is InChI=1S/C14H15NO2/c1-16-10-7-8-12(14(9-10)17-2)11-5-3-4-6-13(11)15/h3-9H,15H2,1-2H3. The Kier molecular flexibility index (Phi) is 3.19. The third-order valence-corrected chi connectivity index (χ3v) is 2.66. The second-order valence-corrected chi connectivity index (χ2v) is 3.65. The SMILES string of the molecule is COc1ccc(-c2ccccc2N)c(OC)c1. The first kappa shape index (κ1) is 11.3. The fourth-order valence-corrected chi connectivity index (χ4v) is 1.76. The number of nitrogen functional groups attached to an aromatic ring is 1. The molecule has 0 unspecified atom stereocenters. The molecule has 0 fully saturated rings. The van der Waals surface area contributed by atoms with Gasteiger partial charge in [0.15, 0.2) is 0 Å². The van der Waals surface area contributed by atoms with Crippen molar-refractivity contribution in [1.82, 2.24) is 0 Å². The maximum atomic E-state index is 5.96. The number of nitrogens with two attached hydrogens (primary N) is 1. The van der Waals surface area contributed by atoms with Crippen molar-refractivity contribution in [3.63, 3.8) is 0 Å². The lowest BCUT2D eigenvalue weighted by molar-refractivity contribution is 0.395. The lowest BCUT2D eigenvalue weighted by Crippen LogP contribution is -1.93. The Morgan fingerprint density at radius 2 is 1.65 bits per heavy atom. The van der Waals surface area contributed by atoms with E-state index >= 15 is 0 Å². The molecular formula is C14H15NO2. The van der Waals surface area contributed by atoms with Crippen LogP contribution >= 0.6 is 0 Å². The van der Waals surface area contributed by atoms with Gasteiger partial charge in [0.05, 0.1) is 14.2 Å². The van der Waals surface area contributed by atoms with Gasteiger partial charge in [-0.2, -0.15) is 0 Å². The number of benzene rings is 2. The molecule has 0 bridgehead atoms. The molecule has 2 rings (SSSR count). The number of ether oxygens (including phenoxy) is 2. The van der Waals surface area contributed by atoms with Crippen LogP contribution in [0.25, 0.3) is 11.1 Å². The van der Waals surface area contributed by atoms with Crippen molar-refractivity contribution < 1.29 is 9.47 Å². The summed E-state index contributed by atoms with van der Waals surface area (Å²) in [6, 6.07) is 13.4. The zero-order valence-corrected chi connectivity index (χ0v) is 9.94. The second-order valence-electron chi connectivity index (χ2n) is 3.65. The summed E-state index contributed by atoms with van der Waals surface area (Å²) in [5.74, 6) is 1.52. The molecule has 0 saturated heterocycles. The fraction of sp³-hybridized carbons (Fsp3) is 0.143. The van der Waals surface area contributed by atoms with Crippen LogP contribution in [0.2, 0.25) is 0 Å². The Morgan fingerprint density at radius 1 is 0.882 bits per heavy atom. The highest BCUT2D eigenvalue weighted by molar-refractivity contribution is 5.80. The molecule has 0 aliphatic heterocycles. The first-order chi connectivity index (χ1) is 8.26. The lowest BCUT2D eigenvalue weighted by Gasteiger charge is -2.12. The van der Waals surface area contributed by atoms with Gasteiger partial charge in [-0.1, -0.05) is 18.2 Å². The first-order valence-electron chi connectivity index (χ1n) is 5.33. The molecule has 3 nitrogen and oxygen atoms in total. The van der Waals surface area contributed by atoms with Crippen molar-refractivity contribution in [2.75, 3.05) is 20.0 Å². The third-order valence-electron chi connectivity index (χ3n) is 2.66. The Morgan fingerprint density at radius 3 is 2.29 bits per heavy atom. The number of rotatable bonds is 3. The summed E-state index contributed by atoms with van der Waals surface area (Å²) in [6.07, 6.45) is 0. The zero-order chi connectivity index (χ0) is 12.3. The van der Waals surface area contributed by atoms with Crippen LogP contribution < -0.4 is 15.2 Å². The van der Waals surface area contributed by atoms with Gasteiger partial charge >= 0.3 is 0 Å². The van der Waals surface area contributed by atoms with E-state index < -0.39 is 0 Å². The van der Waals surface area contributed by atoms with Crippen LogP contribution in [-0.4, -0.2) is 14.2 Å². The van der Waals surface area contributed by atoms with Crippen LogP contribution in [0.5, 0.6) is 11.5 Å². The maximum absolute atomic E-state index is 5.96. The van der Waals surface area contributed by atoms with Crippen LogP contribution in [0.1, 0.15) is 0 Å². The Bertz CT molecular complexity index is 523.